The van der Waals surface area contributed by atoms with Gasteiger partial charge in [-0.05, 0) is 97.5 Å². The minimum absolute atomic E-state index is 0.00813. The van der Waals surface area contributed by atoms with E-state index < -0.39 is 0 Å². The van der Waals surface area contributed by atoms with Gasteiger partial charge in [0, 0.05) is 12.4 Å². The van der Waals surface area contributed by atoms with Crippen LogP contribution in [0.2, 0.25) is 0 Å². The quantitative estimate of drug-likeness (QED) is 0.701. The van der Waals surface area contributed by atoms with E-state index >= 15 is 0 Å². The van der Waals surface area contributed by atoms with E-state index in [1.807, 2.05) is 18.2 Å². The molecule has 2 aromatic rings. The highest BCUT2D eigenvalue weighted by atomic mass is 19.1. The third-order valence-corrected chi connectivity index (χ3v) is 7.29. The topological polar surface area (TPSA) is 45.2 Å². The minimum Gasteiger partial charge on any atom is -0.349 e. The van der Waals surface area contributed by atoms with Crippen molar-refractivity contribution in [3.05, 3.63) is 65.2 Å². The molecular formula is C27H36FN3O. The van der Waals surface area contributed by atoms with Crippen LogP contribution in [0, 0.1) is 11.2 Å². The molecule has 4 rings (SSSR count). The molecule has 1 fully saturated rings. The molecule has 1 spiro atoms. The summed E-state index contributed by atoms with van der Waals surface area (Å²) in [5.41, 5.74) is 3.49. The van der Waals surface area contributed by atoms with Crippen LogP contribution in [0.25, 0.3) is 0 Å². The molecule has 0 unspecified atom stereocenters. The second-order valence-corrected chi connectivity index (χ2v) is 10.9. The molecule has 0 saturated carbocycles. The first-order chi connectivity index (χ1) is 15.2. The van der Waals surface area contributed by atoms with Gasteiger partial charge in [0.25, 0.3) is 0 Å². The van der Waals surface area contributed by atoms with Crippen LogP contribution >= 0.6 is 0 Å². The molecule has 1 aliphatic carbocycles. The van der Waals surface area contributed by atoms with Gasteiger partial charge in [-0.15, -0.1) is 0 Å². The van der Waals surface area contributed by atoms with Gasteiger partial charge in [0.15, 0.2) is 0 Å². The first kappa shape index (κ1) is 22.9. The summed E-state index contributed by atoms with van der Waals surface area (Å²) in [5, 5.41) is 3.21. The molecule has 2 heterocycles. The van der Waals surface area contributed by atoms with Gasteiger partial charge in [0.1, 0.15) is 5.82 Å². The fourth-order valence-electron chi connectivity index (χ4n) is 5.30. The SMILES string of the molecule is CC(C)(C)CCN1CCC2(CC[C@@H](NC(=O)Cc3cccnc3)c3ccc(F)cc32)CC1. The van der Waals surface area contributed by atoms with Gasteiger partial charge < -0.3 is 10.2 Å². The van der Waals surface area contributed by atoms with E-state index in [4.69, 9.17) is 0 Å². The number of nitrogens with one attached hydrogen (secondary N) is 1. The van der Waals surface area contributed by atoms with Crippen LogP contribution in [0.1, 0.15) is 75.6 Å². The van der Waals surface area contributed by atoms with E-state index in [0.29, 0.717) is 11.8 Å². The molecule has 1 N–H and O–H groups in total. The van der Waals surface area contributed by atoms with E-state index in [-0.39, 0.29) is 23.2 Å². The molecule has 32 heavy (non-hydrogen) atoms. The number of carbonyl (C=O) groups is 1. The van der Waals surface area contributed by atoms with Crippen molar-refractivity contribution in [3.63, 3.8) is 0 Å². The lowest BCUT2D eigenvalue weighted by molar-refractivity contribution is -0.121. The summed E-state index contributed by atoms with van der Waals surface area (Å²) in [6.07, 6.45) is 8.96. The highest BCUT2D eigenvalue weighted by Crippen LogP contribution is 2.48. The first-order valence-electron chi connectivity index (χ1n) is 11.9. The van der Waals surface area contributed by atoms with Crippen LogP contribution < -0.4 is 5.32 Å². The fourth-order valence-corrected chi connectivity index (χ4v) is 5.30. The van der Waals surface area contributed by atoms with Crippen molar-refractivity contribution in [2.45, 2.75) is 70.8 Å². The Morgan fingerprint density at radius 3 is 2.69 bits per heavy atom. The summed E-state index contributed by atoms with van der Waals surface area (Å²) in [4.78, 5) is 19.4. The van der Waals surface area contributed by atoms with E-state index in [1.54, 1.807) is 18.5 Å². The van der Waals surface area contributed by atoms with Crippen molar-refractivity contribution >= 4 is 5.91 Å². The van der Waals surface area contributed by atoms with Crippen LogP contribution in [0.5, 0.6) is 0 Å². The molecule has 1 amide bonds. The number of amides is 1. The third-order valence-electron chi connectivity index (χ3n) is 7.29. The fraction of sp³-hybridized carbons (Fsp3) is 0.556. The number of fused-ring (bicyclic) bond motifs is 2. The number of pyridine rings is 1. The van der Waals surface area contributed by atoms with E-state index in [1.165, 1.54) is 12.5 Å². The second kappa shape index (κ2) is 9.30. The van der Waals surface area contributed by atoms with Crippen molar-refractivity contribution in [2.24, 2.45) is 5.41 Å². The molecule has 4 nitrogen and oxygen atoms in total. The Hall–Kier alpha value is -2.27. The van der Waals surface area contributed by atoms with Crippen molar-refractivity contribution in [2.75, 3.05) is 19.6 Å². The van der Waals surface area contributed by atoms with Gasteiger partial charge in [-0.25, -0.2) is 4.39 Å². The number of hydrogen-bond acceptors (Lipinski definition) is 3. The maximum atomic E-state index is 14.3. The van der Waals surface area contributed by atoms with Crippen LogP contribution in [-0.4, -0.2) is 35.4 Å². The number of carbonyl (C=O) groups excluding carboxylic acids is 1. The molecule has 172 valence electrons. The lowest BCUT2D eigenvalue weighted by atomic mass is 9.63. The Kier molecular flexibility index (Phi) is 6.66. The van der Waals surface area contributed by atoms with Gasteiger partial charge in [-0.2, -0.15) is 0 Å². The number of likely N-dealkylation sites (tertiary alicyclic amines) is 1. The third kappa shape index (κ3) is 5.37. The Balaban J connectivity index is 1.46. The number of aromatic nitrogens is 1. The van der Waals surface area contributed by atoms with Crippen LogP contribution in [0.3, 0.4) is 0 Å². The summed E-state index contributed by atoms with van der Waals surface area (Å²) in [5.74, 6) is -0.188. The van der Waals surface area contributed by atoms with E-state index in [2.05, 4.69) is 36.0 Å². The summed E-state index contributed by atoms with van der Waals surface area (Å²) in [7, 11) is 0. The highest BCUT2D eigenvalue weighted by Gasteiger charge is 2.42. The number of benzene rings is 1. The van der Waals surface area contributed by atoms with Crippen molar-refractivity contribution < 1.29 is 9.18 Å². The van der Waals surface area contributed by atoms with Gasteiger partial charge in [0.05, 0.1) is 12.5 Å². The van der Waals surface area contributed by atoms with Gasteiger partial charge in [-0.1, -0.05) is 32.9 Å². The highest BCUT2D eigenvalue weighted by molar-refractivity contribution is 5.79. The zero-order valence-electron chi connectivity index (χ0n) is 19.7. The van der Waals surface area contributed by atoms with Crippen LogP contribution in [-0.2, 0) is 16.6 Å². The molecule has 0 bridgehead atoms. The zero-order valence-corrected chi connectivity index (χ0v) is 19.7. The molecule has 2 aliphatic rings. The number of piperidine rings is 1. The molecule has 1 aliphatic heterocycles. The maximum absolute atomic E-state index is 14.3. The molecule has 1 aromatic heterocycles. The number of halogens is 1. The normalized spacial score (nSPS) is 20.7. The number of nitrogens with zero attached hydrogens (tertiary/aromatic N) is 2. The smallest absolute Gasteiger partial charge is 0.224 e. The summed E-state index contributed by atoms with van der Waals surface area (Å²) >= 11 is 0. The van der Waals surface area contributed by atoms with Crippen LogP contribution in [0.15, 0.2) is 42.7 Å². The van der Waals surface area contributed by atoms with E-state index in [9.17, 15) is 9.18 Å². The predicted molar refractivity (Wildman–Crippen MR) is 126 cm³/mol. The Morgan fingerprint density at radius 1 is 1.22 bits per heavy atom. The average Bonchev–Trinajstić information content (AvgIpc) is 2.76. The predicted octanol–water partition coefficient (Wildman–Crippen LogP) is 5.18. The largest absolute Gasteiger partial charge is 0.349 e. The lowest BCUT2D eigenvalue weighted by Gasteiger charge is -2.47. The standard InChI is InChI=1S/C27H36FN3O/c1-26(2,3)10-14-31-15-11-27(12-16-31)9-8-24(22-7-6-21(28)18-23(22)27)30-25(32)17-20-5-4-13-29-19-20/h4-7,13,18-19,24H,8-12,14-17H2,1-3H3,(H,30,32)/t24-/m1/s1. The molecule has 1 atom stereocenters. The summed E-state index contributed by atoms with van der Waals surface area (Å²) < 4.78 is 14.3. The summed E-state index contributed by atoms with van der Waals surface area (Å²) in [6, 6.07) is 8.88. The molecule has 5 heteroatoms. The Bertz CT molecular complexity index is 930. The molecular weight excluding hydrogens is 401 g/mol. The number of hydrogen-bond donors (Lipinski definition) is 1. The molecule has 1 saturated heterocycles. The molecule has 1 aromatic carbocycles. The monoisotopic (exact) mass is 437 g/mol. The second-order valence-electron chi connectivity index (χ2n) is 10.9. The van der Waals surface area contributed by atoms with E-state index in [0.717, 1.165) is 62.0 Å². The van der Waals surface area contributed by atoms with Crippen molar-refractivity contribution in [1.82, 2.24) is 15.2 Å². The lowest BCUT2D eigenvalue weighted by Crippen LogP contribution is -2.47. The maximum Gasteiger partial charge on any atom is 0.224 e. The Labute approximate surface area is 191 Å². The first-order valence-corrected chi connectivity index (χ1v) is 11.9. The van der Waals surface area contributed by atoms with Gasteiger partial charge >= 0.3 is 0 Å². The minimum atomic E-state index is -0.180. The van der Waals surface area contributed by atoms with Crippen LogP contribution in [0.4, 0.5) is 4.39 Å². The Morgan fingerprint density at radius 2 is 2.00 bits per heavy atom. The van der Waals surface area contributed by atoms with Crippen molar-refractivity contribution in [1.29, 1.82) is 0 Å². The van der Waals surface area contributed by atoms with Gasteiger partial charge in [0.2, 0.25) is 5.91 Å². The average molecular weight is 438 g/mol. The zero-order chi connectivity index (χ0) is 22.8. The molecule has 0 radical (unpaired) electrons. The van der Waals surface area contributed by atoms with Crippen molar-refractivity contribution in [3.8, 4) is 0 Å². The number of rotatable bonds is 5. The van der Waals surface area contributed by atoms with Gasteiger partial charge in [-0.3, -0.25) is 9.78 Å². The summed E-state index contributed by atoms with van der Waals surface area (Å²) in [6.45, 7) is 10.1.